The summed E-state index contributed by atoms with van der Waals surface area (Å²) in [6.45, 7) is 2.19. The smallest absolute Gasteiger partial charge is 0.357 e. The largest absolute Gasteiger partial charge is 0.476 e. The third-order valence-electron chi connectivity index (χ3n) is 3.44. The van der Waals surface area contributed by atoms with Crippen molar-refractivity contribution >= 4 is 28.5 Å². The van der Waals surface area contributed by atoms with Crippen molar-refractivity contribution in [2.45, 2.75) is 13.5 Å². The molecule has 0 unspecified atom stereocenters. The Morgan fingerprint density at radius 1 is 1.32 bits per heavy atom. The van der Waals surface area contributed by atoms with Crippen molar-refractivity contribution in [1.29, 1.82) is 0 Å². The lowest BCUT2D eigenvalue weighted by Gasteiger charge is -2.06. The highest BCUT2D eigenvalue weighted by Gasteiger charge is 2.17. The van der Waals surface area contributed by atoms with Gasteiger partial charge in [-0.1, -0.05) is 29.8 Å². The Morgan fingerprint density at radius 3 is 2.77 bits per heavy atom. The quantitative estimate of drug-likeness (QED) is 0.797. The van der Waals surface area contributed by atoms with E-state index in [1.54, 1.807) is 16.8 Å². The van der Waals surface area contributed by atoms with Crippen molar-refractivity contribution < 1.29 is 14.3 Å². The molecule has 2 aromatic carbocycles. The summed E-state index contributed by atoms with van der Waals surface area (Å²) in [5.74, 6) is -1.50. The summed E-state index contributed by atoms with van der Waals surface area (Å²) in [5, 5.41) is 14.3. The van der Waals surface area contributed by atoms with Gasteiger partial charge in [0, 0.05) is 10.4 Å². The predicted molar refractivity (Wildman–Crippen MR) is 81.9 cm³/mol. The van der Waals surface area contributed by atoms with Gasteiger partial charge in [0.15, 0.2) is 5.69 Å². The number of fused-ring (bicyclic) bond motifs is 1. The minimum absolute atomic E-state index is 0.00626. The van der Waals surface area contributed by atoms with Crippen LogP contribution in [0.4, 0.5) is 4.39 Å². The molecule has 0 aliphatic rings. The maximum atomic E-state index is 13.1. The van der Waals surface area contributed by atoms with Crippen molar-refractivity contribution in [2.24, 2.45) is 0 Å². The number of carboxylic acids is 1. The van der Waals surface area contributed by atoms with Gasteiger partial charge in [-0.15, -0.1) is 0 Å². The molecule has 0 fully saturated rings. The van der Waals surface area contributed by atoms with Crippen LogP contribution >= 0.6 is 11.6 Å². The van der Waals surface area contributed by atoms with E-state index in [1.807, 2.05) is 19.1 Å². The summed E-state index contributed by atoms with van der Waals surface area (Å²) in [5.41, 5.74) is 2.37. The Kier molecular flexibility index (Phi) is 3.58. The van der Waals surface area contributed by atoms with Crippen LogP contribution in [0.2, 0.25) is 5.02 Å². The van der Waals surface area contributed by atoms with Gasteiger partial charge in [0.1, 0.15) is 5.82 Å². The number of aromatic carboxylic acids is 1. The molecule has 0 saturated carbocycles. The molecule has 1 N–H and O–H groups in total. The lowest BCUT2D eigenvalue weighted by Crippen LogP contribution is -2.05. The van der Waals surface area contributed by atoms with Crippen LogP contribution in [-0.2, 0) is 6.54 Å². The normalized spacial score (nSPS) is 11.0. The van der Waals surface area contributed by atoms with Crippen LogP contribution in [0.5, 0.6) is 0 Å². The molecule has 3 rings (SSSR count). The molecule has 0 saturated heterocycles. The molecule has 1 heterocycles. The monoisotopic (exact) mass is 318 g/mol. The Labute approximate surface area is 130 Å². The minimum atomic E-state index is -1.09. The van der Waals surface area contributed by atoms with Crippen LogP contribution in [0.1, 0.15) is 21.6 Å². The maximum Gasteiger partial charge on any atom is 0.357 e. The van der Waals surface area contributed by atoms with Crippen LogP contribution in [0.15, 0.2) is 36.4 Å². The van der Waals surface area contributed by atoms with E-state index in [-0.39, 0.29) is 17.3 Å². The van der Waals surface area contributed by atoms with Crippen LogP contribution in [-0.4, -0.2) is 20.9 Å². The van der Waals surface area contributed by atoms with Gasteiger partial charge < -0.3 is 5.11 Å². The number of carbonyl (C=O) groups is 1. The zero-order valence-electron chi connectivity index (χ0n) is 11.7. The first-order valence-electron chi connectivity index (χ1n) is 6.60. The van der Waals surface area contributed by atoms with Gasteiger partial charge in [0.05, 0.1) is 12.1 Å². The molecule has 0 aliphatic carbocycles. The van der Waals surface area contributed by atoms with Crippen LogP contribution in [0.3, 0.4) is 0 Å². The second kappa shape index (κ2) is 5.42. The zero-order chi connectivity index (χ0) is 15.9. The molecule has 22 heavy (non-hydrogen) atoms. The van der Waals surface area contributed by atoms with Crippen molar-refractivity contribution in [2.75, 3.05) is 0 Å². The highest BCUT2D eigenvalue weighted by molar-refractivity contribution is 6.31. The molecular weight excluding hydrogens is 307 g/mol. The molecule has 112 valence electrons. The summed E-state index contributed by atoms with van der Waals surface area (Å²) in [6.07, 6.45) is 0. The first kappa shape index (κ1) is 14.5. The number of nitrogens with zero attached hydrogens (tertiary/aromatic N) is 2. The number of halogens is 2. The lowest BCUT2D eigenvalue weighted by atomic mass is 10.1. The number of hydrogen-bond acceptors (Lipinski definition) is 2. The number of benzene rings is 2. The van der Waals surface area contributed by atoms with Gasteiger partial charge >= 0.3 is 5.97 Å². The van der Waals surface area contributed by atoms with Crippen LogP contribution in [0.25, 0.3) is 10.9 Å². The van der Waals surface area contributed by atoms with Crippen LogP contribution < -0.4 is 0 Å². The topological polar surface area (TPSA) is 55.1 Å². The van der Waals surface area contributed by atoms with Crippen molar-refractivity contribution in [3.8, 4) is 0 Å². The summed E-state index contributed by atoms with van der Waals surface area (Å²) >= 11 is 6.03. The number of aromatic nitrogens is 2. The van der Waals surface area contributed by atoms with Gasteiger partial charge in [-0.05, 0) is 36.2 Å². The Morgan fingerprint density at radius 2 is 2.09 bits per heavy atom. The summed E-state index contributed by atoms with van der Waals surface area (Å²) in [6, 6.07) is 9.56. The third kappa shape index (κ3) is 2.55. The highest BCUT2D eigenvalue weighted by Crippen LogP contribution is 2.24. The SMILES string of the molecule is Cc1ccc2c(C(=O)O)nn(Cc3ccc(F)cc3Cl)c2c1. The van der Waals surface area contributed by atoms with Crippen molar-refractivity contribution in [1.82, 2.24) is 9.78 Å². The lowest BCUT2D eigenvalue weighted by molar-refractivity contribution is 0.0691. The molecular formula is C16H12ClFN2O2. The average Bonchev–Trinajstić information content (AvgIpc) is 2.80. The standard InChI is InChI=1S/C16H12ClFN2O2/c1-9-2-5-12-14(6-9)20(19-15(12)16(21)22)8-10-3-4-11(18)7-13(10)17/h2-7H,8H2,1H3,(H,21,22). The van der Waals surface area contributed by atoms with E-state index in [4.69, 9.17) is 11.6 Å². The molecule has 0 atom stereocenters. The molecule has 0 aliphatic heterocycles. The molecule has 0 spiro atoms. The third-order valence-corrected chi connectivity index (χ3v) is 3.80. The predicted octanol–water partition coefficient (Wildman–Crippen LogP) is 3.88. The van der Waals surface area contributed by atoms with E-state index in [0.29, 0.717) is 16.5 Å². The first-order valence-corrected chi connectivity index (χ1v) is 6.98. The van der Waals surface area contributed by atoms with E-state index in [9.17, 15) is 14.3 Å². The number of aryl methyl sites for hydroxylation is 1. The minimum Gasteiger partial charge on any atom is -0.476 e. The average molecular weight is 319 g/mol. The highest BCUT2D eigenvalue weighted by atomic mass is 35.5. The van der Waals surface area contributed by atoms with Gasteiger partial charge in [0.25, 0.3) is 0 Å². The van der Waals surface area contributed by atoms with Gasteiger partial charge in [-0.25, -0.2) is 9.18 Å². The van der Waals surface area contributed by atoms with Gasteiger partial charge in [-0.3, -0.25) is 4.68 Å². The van der Waals surface area contributed by atoms with Crippen molar-refractivity contribution in [3.63, 3.8) is 0 Å². The first-order chi connectivity index (χ1) is 10.5. The summed E-state index contributed by atoms with van der Waals surface area (Å²) < 4.78 is 14.7. The molecule has 0 radical (unpaired) electrons. The molecule has 4 nitrogen and oxygen atoms in total. The Balaban J connectivity index is 2.14. The molecule has 0 amide bonds. The molecule has 0 bridgehead atoms. The number of rotatable bonds is 3. The van der Waals surface area contributed by atoms with Crippen molar-refractivity contribution in [3.05, 3.63) is 64.1 Å². The van der Waals surface area contributed by atoms with E-state index < -0.39 is 11.8 Å². The maximum absolute atomic E-state index is 13.1. The van der Waals surface area contributed by atoms with E-state index >= 15 is 0 Å². The Bertz CT molecular complexity index is 889. The molecule has 3 aromatic rings. The van der Waals surface area contributed by atoms with Crippen LogP contribution in [0, 0.1) is 12.7 Å². The second-order valence-electron chi connectivity index (χ2n) is 5.07. The fourth-order valence-corrected chi connectivity index (χ4v) is 2.60. The zero-order valence-corrected chi connectivity index (χ0v) is 12.4. The number of hydrogen-bond donors (Lipinski definition) is 1. The molecule has 6 heteroatoms. The molecule has 1 aromatic heterocycles. The van der Waals surface area contributed by atoms with Gasteiger partial charge in [0.2, 0.25) is 0 Å². The summed E-state index contributed by atoms with van der Waals surface area (Å²) in [7, 11) is 0. The van der Waals surface area contributed by atoms with E-state index in [1.165, 1.54) is 12.1 Å². The fraction of sp³-hybridized carbons (Fsp3) is 0.125. The summed E-state index contributed by atoms with van der Waals surface area (Å²) in [4.78, 5) is 11.3. The number of carboxylic acid groups (broad SMARTS) is 1. The Hall–Kier alpha value is -2.40. The second-order valence-corrected chi connectivity index (χ2v) is 5.47. The van der Waals surface area contributed by atoms with E-state index in [2.05, 4.69) is 5.10 Å². The van der Waals surface area contributed by atoms with Gasteiger partial charge in [-0.2, -0.15) is 5.10 Å². The van der Waals surface area contributed by atoms with E-state index in [0.717, 1.165) is 5.56 Å². The fourth-order valence-electron chi connectivity index (χ4n) is 2.37.